The quantitative estimate of drug-likeness (QED) is 0.657. The molecule has 6 nitrogen and oxygen atoms in total. The fourth-order valence-corrected chi connectivity index (χ4v) is 5.43. The van der Waals surface area contributed by atoms with Crippen LogP contribution in [-0.2, 0) is 30.6 Å². The lowest BCUT2D eigenvalue weighted by Crippen LogP contribution is -2.48. The number of nitrogens with zero attached hydrogens (tertiary/aromatic N) is 3. The maximum atomic E-state index is 12.6. The van der Waals surface area contributed by atoms with Gasteiger partial charge in [-0.15, -0.1) is 0 Å². The Bertz CT molecular complexity index is 1250. The second kappa shape index (κ2) is 6.54. The molecule has 1 saturated heterocycles. The lowest BCUT2D eigenvalue weighted by Gasteiger charge is -2.31. The van der Waals surface area contributed by atoms with E-state index >= 15 is 0 Å². The number of nitrogens with one attached hydrogen (secondary N) is 1. The summed E-state index contributed by atoms with van der Waals surface area (Å²) in [6, 6.07) is 16.8. The van der Waals surface area contributed by atoms with E-state index in [1.165, 1.54) is 11.3 Å². The van der Waals surface area contributed by atoms with Gasteiger partial charge >= 0.3 is 6.03 Å². The van der Waals surface area contributed by atoms with Crippen LogP contribution in [0.5, 0.6) is 0 Å². The molecule has 0 radical (unpaired) electrons. The van der Waals surface area contributed by atoms with E-state index in [4.69, 9.17) is 4.98 Å². The predicted octanol–water partition coefficient (Wildman–Crippen LogP) is 3.21. The van der Waals surface area contributed by atoms with E-state index in [-0.39, 0.29) is 11.9 Å². The molecule has 1 unspecified atom stereocenters. The summed E-state index contributed by atoms with van der Waals surface area (Å²) in [6.45, 7) is 1.83. The fraction of sp³-hybridized carbons (Fsp3) is 0.320. The van der Waals surface area contributed by atoms with E-state index in [2.05, 4.69) is 58.7 Å². The first-order chi connectivity index (χ1) is 15.0. The van der Waals surface area contributed by atoms with Gasteiger partial charge in [-0.1, -0.05) is 24.3 Å². The first kappa shape index (κ1) is 18.4. The van der Waals surface area contributed by atoms with Crippen molar-refractivity contribution in [3.05, 3.63) is 70.9 Å². The van der Waals surface area contributed by atoms with E-state index < -0.39 is 5.54 Å². The summed E-state index contributed by atoms with van der Waals surface area (Å²) in [6.07, 6.45) is 3.39. The number of para-hydroxylation sites is 1. The monoisotopic (exact) mass is 412 g/mol. The van der Waals surface area contributed by atoms with Crippen LogP contribution in [0.4, 0.5) is 10.5 Å². The first-order valence-corrected chi connectivity index (χ1v) is 10.9. The molecule has 2 aliphatic heterocycles. The van der Waals surface area contributed by atoms with Crippen molar-refractivity contribution >= 4 is 28.5 Å². The van der Waals surface area contributed by atoms with Crippen LogP contribution in [0.25, 0.3) is 10.9 Å². The molecular weight excluding hydrogens is 388 g/mol. The molecule has 1 N–H and O–H groups in total. The molecule has 3 aliphatic rings. The molecule has 31 heavy (non-hydrogen) atoms. The molecule has 1 spiro atoms. The van der Waals surface area contributed by atoms with Crippen molar-refractivity contribution in [1.82, 2.24) is 15.2 Å². The maximum absolute atomic E-state index is 12.6. The van der Waals surface area contributed by atoms with E-state index in [1.54, 1.807) is 11.9 Å². The number of carbonyl (C=O) groups excluding carboxylic acids is 2. The van der Waals surface area contributed by atoms with Crippen LogP contribution in [-0.4, -0.2) is 41.0 Å². The minimum atomic E-state index is -0.795. The predicted molar refractivity (Wildman–Crippen MR) is 119 cm³/mol. The Balaban J connectivity index is 1.32. The van der Waals surface area contributed by atoms with Gasteiger partial charge in [-0.25, -0.2) is 4.79 Å². The van der Waals surface area contributed by atoms with Gasteiger partial charge in [0.2, 0.25) is 0 Å². The van der Waals surface area contributed by atoms with Gasteiger partial charge in [-0.2, -0.15) is 0 Å². The number of hydrogen-bond donors (Lipinski definition) is 1. The molecule has 6 heteroatoms. The zero-order valence-electron chi connectivity index (χ0n) is 17.5. The number of aromatic nitrogens is 1. The SMILES string of the molecule is CN1C(=O)NC(=O)C12Cc1cc3ccc(CN4CCCc5ccccc54)nc3cc1C2. The van der Waals surface area contributed by atoms with Gasteiger partial charge in [0, 0.05) is 37.5 Å². The van der Waals surface area contributed by atoms with Crippen molar-refractivity contribution in [1.29, 1.82) is 0 Å². The number of amides is 3. The maximum Gasteiger partial charge on any atom is 0.324 e. The summed E-state index contributed by atoms with van der Waals surface area (Å²) >= 11 is 0. The Morgan fingerprint density at radius 1 is 1.03 bits per heavy atom. The molecule has 156 valence electrons. The van der Waals surface area contributed by atoms with Gasteiger partial charge in [0.05, 0.1) is 17.8 Å². The first-order valence-electron chi connectivity index (χ1n) is 10.9. The standard InChI is InChI=1S/C25H24N4O2/c1-28-24(31)27-23(30)25(28)13-18-11-17-8-9-20(26-21(17)12-19(18)14-25)15-29-10-4-6-16-5-2-3-7-22(16)29/h2-3,5,7-9,11-12H,4,6,10,13-15H2,1H3,(H,27,30,31). The number of carbonyl (C=O) groups is 2. The third-order valence-corrected chi connectivity index (χ3v) is 7.18. The Kier molecular flexibility index (Phi) is 3.88. The number of rotatable bonds is 2. The summed E-state index contributed by atoms with van der Waals surface area (Å²) in [5.41, 5.74) is 6.16. The molecule has 3 aromatic rings. The number of imide groups is 1. The van der Waals surface area contributed by atoms with Crippen LogP contribution >= 0.6 is 0 Å². The van der Waals surface area contributed by atoms with Gasteiger partial charge in [0.1, 0.15) is 5.54 Å². The van der Waals surface area contributed by atoms with Crippen LogP contribution in [0.15, 0.2) is 48.5 Å². The average Bonchev–Trinajstić information content (AvgIpc) is 3.25. The molecule has 0 bridgehead atoms. The topological polar surface area (TPSA) is 65.5 Å². The Morgan fingerprint density at radius 2 is 1.84 bits per heavy atom. The summed E-state index contributed by atoms with van der Waals surface area (Å²) < 4.78 is 0. The van der Waals surface area contributed by atoms with Crippen LogP contribution in [0, 0.1) is 0 Å². The number of benzene rings is 2. The van der Waals surface area contributed by atoms with E-state index in [1.807, 2.05) is 0 Å². The molecule has 6 rings (SSSR count). The Labute approximate surface area is 180 Å². The van der Waals surface area contributed by atoms with Crippen molar-refractivity contribution in [3.8, 4) is 0 Å². The summed E-state index contributed by atoms with van der Waals surface area (Å²) in [7, 11) is 1.71. The zero-order valence-corrected chi connectivity index (χ0v) is 17.5. The van der Waals surface area contributed by atoms with Crippen molar-refractivity contribution in [2.75, 3.05) is 18.5 Å². The summed E-state index contributed by atoms with van der Waals surface area (Å²) in [5, 5.41) is 3.54. The highest BCUT2D eigenvalue weighted by molar-refractivity contribution is 6.07. The van der Waals surface area contributed by atoms with Crippen molar-refractivity contribution in [2.24, 2.45) is 0 Å². The number of aryl methyl sites for hydroxylation is 1. The number of pyridine rings is 1. The summed E-state index contributed by atoms with van der Waals surface area (Å²) in [4.78, 5) is 33.5. The van der Waals surface area contributed by atoms with Crippen LogP contribution in [0.1, 0.15) is 28.8 Å². The summed E-state index contributed by atoms with van der Waals surface area (Å²) in [5.74, 6) is -0.197. The molecule has 1 aliphatic carbocycles. The van der Waals surface area contributed by atoms with Crippen molar-refractivity contribution in [3.63, 3.8) is 0 Å². The number of likely N-dealkylation sites (N-methyl/N-ethyl adjacent to an activating group) is 1. The second-order valence-corrected chi connectivity index (χ2v) is 8.97. The van der Waals surface area contributed by atoms with E-state index in [0.717, 1.165) is 53.7 Å². The number of fused-ring (bicyclic) bond motifs is 3. The third-order valence-electron chi connectivity index (χ3n) is 7.18. The molecular formula is C25H24N4O2. The van der Waals surface area contributed by atoms with E-state index in [9.17, 15) is 9.59 Å². The number of anilines is 1. The van der Waals surface area contributed by atoms with Crippen LogP contribution in [0.2, 0.25) is 0 Å². The van der Waals surface area contributed by atoms with Gasteiger partial charge < -0.3 is 9.80 Å². The zero-order chi connectivity index (χ0) is 21.2. The lowest BCUT2D eigenvalue weighted by atomic mass is 9.95. The normalized spacial score (nSPS) is 22.2. The molecule has 3 amide bonds. The minimum Gasteiger partial charge on any atom is -0.365 e. The smallest absolute Gasteiger partial charge is 0.324 e. The van der Waals surface area contributed by atoms with Gasteiger partial charge in [-0.05, 0) is 53.8 Å². The minimum absolute atomic E-state index is 0.197. The number of urea groups is 1. The lowest BCUT2D eigenvalue weighted by molar-refractivity contribution is -0.125. The highest BCUT2D eigenvalue weighted by Gasteiger charge is 2.54. The third kappa shape index (κ3) is 2.74. The Morgan fingerprint density at radius 3 is 2.65 bits per heavy atom. The van der Waals surface area contributed by atoms with Crippen LogP contribution in [0.3, 0.4) is 0 Å². The van der Waals surface area contributed by atoms with E-state index in [0.29, 0.717) is 12.8 Å². The van der Waals surface area contributed by atoms with Crippen molar-refractivity contribution < 1.29 is 9.59 Å². The highest BCUT2D eigenvalue weighted by atomic mass is 16.2. The molecule has 1 aromatic heterocycles. The van der Waals surface area contributed by atoms with Crippen molar-refractivity contribution in [2.45, 2.75) is 37.8 Å². The molecule has 1 fully saturated rings. The fourth-order valence-electron chi connectivity index (χ4n) is 5.43. The molecule has 1 atom stereocenters. The largest absolute Gasteiger partial charge is 0.365 e. The van der Waals surface area contributed by atoms with Gasteiger partial charge in [0.15, 0.2) is 0 Å². The van der Waals surface area contributed by atoms with Crippen LogP contribution < -0.4 is 10.2 Å². The number of hydrogen-bond acceptors (Lipinski definition) is 4. The average molecular weight is 412 g/mol. The highest BCUT2D eigenvalue weighted by Crippen LogP contribution is 2.38. The molecule has 2 aromatic carbocycles. The second-order valence-electron chi connectivity index (χ2n) is 8.97. The molecule has 3 heterocycles. The van der Waals surface area contributed by atoms with Gasteiger partial charge in [-0.3, -0.25) is 15.1 Å². The Hall–Kier alpha value is -3.41. The van der Waals surface area contributed by atoms with Gasteiger partial charge in [0.25, 0.3) is 5.91 Å². The molecule has 0 saturated carbocycles.